The Labute approximate surface area is 103 Å². The van der Waals surface area contributed by atoms with Crippen LogP contribution in [0, 0.1) is 5.92 Å². The van der Waals surface area contributed by atoms with Crippen molar-refractivity contribution in [3.8, 4) is 5.75 Å². The topological polar surface area (TPSA) is 38.5 Å². The summed E-state index contributed by atoms with van der Waals surface area (Å²) in [6.45, 7) is 1.21. The van der Waals surface area contributed by atoms with Crippen molar-refractivity contribution in [1.29, 1.82) is 0 Å². The maximum absolute atomic E-state index is 5.86. The van der Waals surface area contributed by atoms with Crippen LogP contribution in [0.5, 0.6) is 5.75 Å². The molecule has 0 aliphatic heterocycles. The van der Waals surface area contributed by atoms with Gasteiger partial charge < -0.3 is 15.4 Å². The number of hydrogen-bond donors (Lipinski definition) is 1. The van der Waals surface area contributed by atoms with Crippen LogP contribution in [0.15, 0.2) is 18.2 Å². The van der Waals surface area contributed by atoms with Gasteiger partial charge in [-0.3, -0.25) is 0 Å². The van der Waals surface area contributed by atoms with Crippen molar-refractivity contribution in [2.45, 2.75) is 31.7 Å². The van der Waals surface area contributed by atoms with Gasteiger partial charge in [0.2, 0.25) is 0 Å². The summed E-state index contributed by atoms with van der Waals surface area (Å²) in [7, 11) is 1.68. The Bertz CT molecular complexity index is 411. The van der Waals surface area contributed by atoms with Crippen molar-refractivity contribution in [3.05, 3.63) is 18.2 Å². The summed E-state index contributed by atoms with van der Waals surface area (Å²) in [6, 6.07) is 6.91. The van der Waals surface area contributed by atoms with Crippen LogP contribution in [-0.4, -0.2) is 19.7 Å². The normalized spacial score (nSPS) is 19.1. The first-order chi connectivity index (χ1) is 8.28. The molecular weight excluding hydrogens is 212 g/mol. The minimum absolute atomic E-state index is 0.721. The molecule has 2 N–H and O–H groups in total. The fourth-order valence-electron chi connectivity index (χ4n) is 2.31. The molecule has 1 aromatic carbocycles. The average Bonchev–Trinajstić information content (AvgIpc) is 3.19. The average molecular weight is 232 g/mol. The van der Waals surface area contributed by atoms with Crippen molar-refractivity contribution in [3.63, 3.8) is 0 Å². The second-order valence-electron chi connectivity index (χ2n) is 5.25. The van der Waals surface area contributed by atoms with E-state index in [9.17, 15) is 0 Å². The monoisotopic (exact) mass is 232 g/mol. The van der Waals surface area contributed by atoms with E-state index in [0.29, 0.717) is 0 Å². The van der Waals surface area contributed by atoms with Gasteiger partial charge in [0.25, 0.3) is 0 Å². The van der Waals surface area contributed by atoms with Gasteiger partial charge in [-0.05, 0) is 43.7 Å². The van der Waals surface area contributed by atoms with Crippen LogP contribution in [0.4, 0.5) is 11.4 Å². The van der Waals surface area contributed by atoms with Crippen LogP contribution in [0.25, 0.3) is 0 Å². The number of hydrogen-bond acceptors (Lipinski definition) is 3. The highest BCUT2D eigenvalue weighted by Gasteiger charge is 2.33. The first-order valence-electron chi connectivity index (χ1n) is 6.48. The first-order valence-corrected chi connectivity index (χ1v) is 6.48. The summed E-state index contributed by atoms with van der Waals surface area (Å²) >= 11 is 0. The molecule has 0 spiro atoms. The van der Waals surface area contributed by atoms with Crippen LogP contribution in [0.1, 0.15) is 25.7 Å². The summed E-state index contributed by atoms with van der Waals surface area (Å²) < 4.78 is 5.30. The summed E-state index contributed by atoms with van der Waals surface area (Å²) in [4.78, 5) is 2.54. The third kappa shape index (κ3) is 2.33. The molecule has 0 amide bonds. The minimum atomic E-state index is 0.721. The molecule has 0 atom stereocenters. The van der Waals surface area contributed by atoms with Crippen molar-refractivity contribution in [2.75, 3.05) is 24.3 Å². The molecule has 0 radical (unpaired) electrons. The molecule has 3 heteroatoms. The number of benzene rings is 1. The van der Waals surface area contributed by atoms with Crippen molar-refractivity contribution >= 4 is 11.4 Å². The van der Waals surface area contributed by atoms with Gasteiger partial charge in [-0.1, -0.05) is 0 Å². The number of methoxy groups -OCH3 is 1. The van der Waals surface area contributed by atoms with Crippen LogP contribution < -0.4 is 15.4 Å². The van der Waals surface area contributed by atoms with Crippen molar-refractivity contribution < 1.29 is 4.74 Å². The number of rotatable bonds is 5. The van der Waals surface area contributed by atoms with Crippen LogP contribution in [0.3, 0.4) is 0 Å². The maximum Gasteiger partial charge on any atom is 0.143 e. The molecule has 0 bridgehead atoms. The minimum Gasteiger partial charge on any atom is -0.495 e. The lowest BCUT2D eigenvalue weighted by Crippen LogP contribution is -2.27. The largest absolute Gasteiger partial charge is 0.495 e. The Kier molecular flexibility index (Phi) is 2.61. The highest BCUT2D eigenvalue weighted by molar-refractivity contribution is 5.63. The van der Waals surface area contributed by atoms with E-state index in [-0.39, 0.29) is 0 Å². The summed E-state index contributed by atoms with van der Waals surface area (Å²) in [5.74, 6) is 1.71. The molecule has 0 saturated heterocycles. The van der Waals surface area contributed by atoms with Gasteiger partial charge in [0, 0.05) is 24.3 Å². The number of nitrogens with two attached hydrogens (primary N) is 1. The fourth-order valence-corrected chi connectivity index (χ4v) is 2.31. The molecule has 0 heterocycles. The van der Waals surface area contributed by atoms with Crippen LogP contribution in [-0.2, 0) is 0 Å². The van der Waals surface area contributed by atoms with Crippen LogP contribution in [0.2, 0.25) is 0 Å². The van der Waals surface area contributed by atoms with Gasteiger partial charge in [-0.15, -0.1) is 0 Å². The molecule has 92 valence electrons. The highest BCUT2D eigenvalue weighted by Crippen LogP contribution is 2.39. The third-order valence-electron chi connectivity index (χ3n) is 3.69. The van der Waals surface area contributed by atoms with Gasteiger partial charge in [0.1, 0.15) is 5.75 Å². The van der Waals surface area contributed by atoms with Gasteiger partial charge in [0.05, 0.1) is 12.8 Å². The standard InChI is InChI=1S/C14H20N2O/c1-17-14-8-12(6-7-13(14)15)16(11-4-5-11)9-10-2-3-10/h6-8,10-11H,2-5,9,15H2,1H3. The molecule has 1 aromatic rings. The van der Waals surface area contributed by atoms with Crippen molar-refractivity contribution in [1.82, 2.24) is 0 Å². The highest BCUT2D eigenvalue weighted by atomic mass is 16.5. The Hall–Kier alpha value is -1.38. The Morgan fingerprint density at radius 1 is 1.29 bits per heavy atom. The van der Waals surface area contributed by atoms with E-state index in [1.807, 2.05) is 6.07 Å². The predicted octanol–water partition coefficient (Wildman–Crippen LogP) is 2.66. The quantitative estimate of drug-likeness (QED) is 0.793. The van der Waals surface area contributed by atoms with E-state index in [2.05, 4.69) is 17.0 Å². The number of nitrogen functional groups attached to an aromatic ring is 1. The predicted molar refractivity (Wildman–Crippen MR) is 70.5 cm³/mol. The summed E-state index contributed by atoms with van der Waals surface area (Å²) in [6.07, 6.45) is 5.46. The van der Waals surface area contributed by atoms with E-state index in [0.717, 1.165) is 23.4 Å². The van der Waals surface area contributed by atoms with E-state index in [1.54, 1.807) is 7.11 Å². The van der Waals surface area contributed by atoms with E-state index >= 15 is 0 Å². The molecule has 0 unspecified atom stereocenters. The van der Waals surface area contributed by atoms with Crippen molar-refractivity contribution in [2.24, 2.45) is 5.92 Å². The molecular formula is C14H20N2O. The molecule has 2 aliphatic carbocycles. The molecule has 0 aromatic heterocycles. The zero-order valence-electron chi connectivity index (χ0n) is 10.4. The fraction of sp³-hybridized carbons (Fsp3) is 0.571. The zero-order chi connectivity index (χ0) is 11.8. The molecule has 3 nitrogen and oxygen atoms in total. The van der Waals surface area contributed by atoms with E-state index in [4.69, 9.17) is 10.5 Å². The Morgan fingerprint density at radius 2 is 2.06 bits per heavy atom. The lowest BCUT2D eigenvalue weighted by atomic mass is 10.2. The first kappa shape index (κ1) is 10.8. The lowest BCUT2D eigenvalue weighted by molar-refractivity contribution is 0.417. The van der Waals surface area contributed by atoms with Crippen LogP contribution >= 0.6 is 0 Å². The van der Waals surface area contributed by atoms with E-state index < -0.39 is 0 Å². The molecule has 2 saturated carbocycles. The van der Waals surface area contributed by atoms with Gasteiger partial charge in [-0.25, -0.2) is 0 Å². The smallest absolute Gasteiger partial charge is 0.143 e. The molecule has 17 heavy (non-hydrogen) atoms. The van der Waals surface area contributed by atoms with Gasteiger partial charge >= 0.3 is 0 Å². The second kappa shape index (κ2) is 4.13. The zero-order valence-corrected chi connectivity index (χ0v) is 10.4. The summed E-state index contributed by atoms with van der Waals surface area (Å²) in [5.41, 5.74) is 7.85. The second-order valence-corrected chi connectivity index (χ2v) is 5.25. The number of anilines is 2. The lowest BCUT2D eigenvalue weighted by Gasteiger charge is -2.25. The SMILES string of the molecule is COc1cc(N(CC2CC2)C2CC2)ccc1N. The Balaban J connectivity index is 1.83. The molecule has 2 fully saturated rings. The molecule has 3 rings (SSSR count). The maximum atomic E-state index is 5.86. The molecule has 2 aliphatic rings. The van der Waals surface area contributed by atoms with Gasteiger partial charge in [-0.2, -0.15) is 0 Å². The Morgan fingerprint density at radius 3 is 2.65 bits per heavy atom. The van der Waals surface area contributed by atoms with Gasteiger partial charge in [0.15, 0.2) is 0 Å². The number of nitrogens with zero attached hydrogens (tertiary/aromatic N) is 1. The van der Waals surface area contributed by atoms with E-state index in [1.165, 1.54) is 37.9 Å². The third-order valence-corrected chi connectivity index (χ3v) is 3.69. The summed E-state index contributed by atoms with van der Waals surface area (Å²) in [5, 5.41) is 0. The number of ether oxygens (including phenoxy) is 1.